The van der Waals surface area contributed by atoms with Crippen LogP contribution in [0.1, 0.15) is 26.3 Å². The fourth-order valence-electron chi connectivity index (χ4n) is 2.37. The van der Waals surface area contributed by atoms with E-state index in [1.165, 1.54) is 0 Å². The molecule has 148 valence electrons. The Morgan fingerprint density at radius 1 is 1.07 bits per heavy atom. The van der Waals surface area contributed by atoms with E-state index >= 15 is 0 Å². The van der Waals surface area contributed by atoms with E-state index in [0.717, 1.165) is 12.5 Å². The van der Waals surface area contributed by atoms with Crippen molar-refractivity contribution in [1.82, 2.24) is 10.6 Å². The van der Waals surface area contributed by atoms with Crippen LogP contribution < -0.4 is 10.6 Å². The molecule has 0 saturated carbocycles. The van der Waals surface area contributed by atoms with E-state index in [2.05, 4.69) is 15.4 Å². The van der Waals surface area contributed by atoms with Gasteiger partial charge in [-0.25, -0.2) is 4.39 Å². The van der Waals surface area contributed by atoms with Crippen molar-refractivity contribution in [2.24, 2.45) is 5.92 Å². The lowest BCUT2D eigenvalue weighted by Crippen LogP contribution is -2.55. The lowest BCUT2D eigenvalue weighted by Gasteiger charge is -2.24. The highest BCUT2D eigenvalue weighted by Crippen LogP contribution is 2.07. The van der Waals surface area contributed by atoms with Gasteiger partial charge >= 0.3 is 5.97 Å². The van der Waals surface area contributed by atoms with Gasteiger partial charge in [-0.2, -0.15) is 0 Å². The van der Waals surface area contributed by atoms with Gasteiger partial charge in [0, 0.05) is 6.92 Å². The van der Waals surface area contributed by atoms with Crippen LogP contribution >= 0.6 is 0 Å². The van der Waals surface area contributed by atoms with Crippen LogP contribution in [0, 0.1) is 5.92 Å². The second-order valence-corrected chi connectivity index (χ2v) is 6.42. The van der Waals surface area contributed by atoms with Crippen molar-refractivity contribution in [3.63, 3.8) is 0 Å². The molecule has 0 aliphatic heterocycles. The summed E-state index contributed by atoms with van der Waals surface area (Å²) in [6.45, 7) is 2.86. The van der Waals surface area contributed by atoms with Gasteiger partial charge in [0.25, 0.3) is 5.91 Å². The predicted molar refractivity (Wildman–Crippen MR) is 96.5 cm³/mol. The molecule has 0 saturated heterocycles. The molecule has 1 unspecified atom stereocenters. The van der Waals surface area contributed by atoms with E-state index in [1.54, 1.807) is 38.1 Å². The Labute approximate surface area is 157 Å². The molecule has 2 N–H and O–H groups in total. The van der Waals surface area contributed by atoms with Crippen molar-refractivity contribution in [3.8, 4) is 0 Å². The van der Waals surface area contributed by atoms with Gasteiger partial charge in [-0.05, 0) is 17.9 Å². The number of alkyl halides is 1. The molecule has 1 aromatic rings. The number of carbonyl (C=O) groups is 4. The number of esters is 1. The van der Waals surface area contributed by atoms with Crippen LogP contribution in [-0.2, 0) is 30.3 Å². The number of nitrogens with one attached hydrogen (secondary N) is 2. The van der Waals surface area contributed by atoms with Crippen molar-refractivity contribution in [3.05, 3.63) is 35.9 Å². The van der Waals surface area contributed by atoms with E-state index in [1.807, 2.05) is 6.07 Å². The summed E-state index contributed by atoms with van der Waals surface area (Å²) >= 11 is 0. The van der Waals surface area contributed by atoms with Crippen LogP contribution in [0.3, 0.4) is 0 Å². The number of halogens is 1. The fraction of sp³-hybridized carbons (Fsp3) is 0.474. The van der Waals surface area contributed by atoms with Gasteiger partial charge in [0.1, 0.15) is 12.7 Å². The van der Waals surface area contributed by atoms with Crippen LogP contribution in [0.5, 0.6) is 0 Å². The number of Topliss-reactive ketones (excluding diaryl/α,β-unsaturated/α-hetero) is 1. The zero-order valence-electron chi connectivity index (χ0n) is 15.7. The maximum Gasteiger partial charge on any atom is 0.303 e. The zero-order chi connectivity index (χ0) is 20.4. The Kier molecular flexibility index (Phi) is 9.12. The highest BCUT2D eigenvalue weighted by molar-refractivity contribution is 5.93. The topological polar surface area (TPSA) is 102 Å². The lowest BCUT2D eigenvalue weighted by atomic mass is 9.99. The van der Waals surface area contributed by atoms with Crippen molar-refractivity contribution < 1.29 is 28.3 Å². The summed E-state index contributed by atoms with van der Waals surface area (Å²) in [5.41, 5.74) is 0.768. The summed E-state index contributed by atoms with van der Waals surface area (Å²) in [7, 11) is 0. The first-order valence-electron chi connectivity index (χ1n) is 8.60. The Bertz CT molecular complexity index is 663. The van der Waals surface area contributed by atoms with Crippen LogP contribution in [0.25, 0.3) is 0 Å². The van der Waals surface area contributed by atoms with Crippen molar-refractivity contribution >= 4 is 23.6 Å². The third-order valence-corrected chi connectivity index (χ3v) is 3.79. The Hall–Kier alpha value is -2.77. The number of benzene rings is 1. The van der Waals surface area contributed by atoms with E-state index in [9.17, 15) is 23.6 Å². The van der Waals surface area contributed by atoms with Gasteiger partial charge in [0.15, 0.2) is 12.4 Å². The van der Waals surface area contributed by atoms with Crippen LogP contribution in [-0.4, -0.2) is 48.9 Å². The first-order valence-corrected chi connectivity index (χ1v) is 8.60. The smallest absolute Gasteiger partial charge is 0.303 e. The third-order valence-electron chi connectivity index (χ3n) is 3.79. The standard InChI is InChI=1S/C19H25FN2O5/c1-12(2)18(22-17(25)11-27-13(3)23)19(26)21-15(16(24)10-20)9-14-7-5-4-6-8-14/h4-8,12,15,18H,9-11H2,1-3H3,(H,21,26)(H,22,25)/t15?,18-/m0/s1. The van der Waals surface area contributed by atoms with Crippen molar-refractivity contribution in [2.45, 2.75) is 39.3 Å². The second-order valence-electron chi connectivity index (χ2n) is 6.42. The molecule has 0 fully saturated rings. The summed E-state index contributed by atoms with van der Waals surface area (Å²) in [6, 6.07) is 6.90. The van der Waals surface area contributed by atoms with Gasteiger partial charge < -0.3 is 15.4 Å². The molecule has 2 atom stereocenters. The van der Waals surface area contributed by atoms with E-state index < -0.39 is 48.9 Å². The largest absolute Gasteiger partial charge is 0.456 e. The monoisotopic (exact) mass is 380 g/mol. The molecular formula is C19H25FN2O5. The summed E-state index contributed by atoms with van der Waals surface area (Å²) in [5.74, 6) is -2.92. The minimum absolute atomic E-state index is 0.140. The van der Waals surface area contributed by atoms with Crippen LogP contribution in [0.2, 0.25) is 0 Å². The van der Waals surface area contributed by atoms with Crippen LogP contribution in [0.4, 0.5) is 4.39 Å². The molecule has 27 heavy (non-hydrogen) atoms. The quantitative estimate of drug-likeness (QED) is 0.589. The Balaban J connectivity index is 2.81. The number of carbonyl (C=O) groups excluding carboxylic acids is 4. The van der Waals surface area contributed by atoms with Gasteiger partial charge in [-0.3, -0.25) is 19.2 Å². The maximum absolute atomic E-state index is 12.9. The van der Waals surface area contributed by atoms with Gasteiger partial charge in [-0.1, -0.05) is 44.2 Å². The molecule has 2 amide bonds. The van der Waals surface area contributed by atoms with E-state index in [-0.39, 0.29) is 12.3 Å². The molecule has 8 heteroatoms. The summed E-state index contributed by atoms with van der Waals surface area (Å²) < 4.78 is 17.5. The molecule has 0 aliphatic rings. The SMILES string of the molecule is CC(=O)OCC(=O)N[C@H](C(=O)NC(Cc1ccccc1)C(=O)CF)C(C)C. The molecule has 0 bridgehead atoms. The number of amides is 2. The zero-order valence-corrected chi connectivity index (χ0v) is 15.7. The first-order chi connectivity index (χ1) is 12.7. The minimum atomic E-state index is -1.21. The number of ether oxygens (including phenoxy) is 1. The molecule has 0 heterocycles. The maximum atomic E-state index is 12.9. The minimum Gasteiger partial charge on any atom is -0.456 e. The van der Waals surface area contributed by atoms with Gasteiger partial charge in [0.05, 0.1) is 6.04 Å². The normalized spacial score (nSPS) is 12.8. The first kappa shape index (κ1) is 22.3. The number of rotatable bonds is 10. The van der Waals surface area contributed by atoms with E-state index in [4.69, 9.17) is 0 Å². The molecule has 1 rings (SSSR count). The van der Waals surface area contributed by atoms with Crippen molar-refractivity contribution in [1.29, 1.82) is 0 Å². The average Bonchev–Trinajstić information content (AvgIpc) is 2.63. The summed E-state index contributed by atoms with van der Waals surface area (Å²) in [5, 5.41) is 4.98. The lowest BCUT2D eigenvalue weighted by molar-refractivity contribution is -0.147. The molecule has 0 aliphatic carbocycles. The molecule has 0 radical (unpaired) electrons. The molecule has 7 nitrogen and oxygen atoms in total. The van der Waals surface area contributed by atoms with Crippen molar-refractivity contribution in [2.75, 3.05) is 13.3 Å². The molecular weight excluding hydrogens is 355 g/mol. The second kappa shape index (κ2) is 11.1. The average molecular weight is 380 g/mol. The number of hydrogen-bond acceptors (Lipinski definition) is 5. The number of hydrogen-bond donors (Lipinski definition) is 2. The third kappa shape index (κ3) is 7.98. The molecule has 0 spiro atoms. The molecule has 1 aromatic carbocycles. The Morgan fingerprint density at radius 3 is 2.22 bits per heavy atom. The van der Waals surface area contributed by atoms with Gasteiger partial charge in [0.2, 0.25) is 5.91 Å². The summed E-state index contributed by atoms with van der Waals surface area (Å²) in [6.07, 6.45) is 0.140. The van der Waals surface area contributed by atoms with Gasteiger partial charge in [-0.15, -0.1) is 0 Å². The highest BCUT2D eigenvalue weighted by Gasteiger charge is 2.29. The Morgan fingerprint density at radius 2 is 1.70 bits per heavy atom. The molecule has 0 aromatic heterocycles. The fourth-order valence-corrected chi connectivity index (χ4v) is 2.37. The van der Waals surface area contributed by atoms with Crippen LogP contribution in [0.15, 0.2) is 30.3 Å². The van der Waals surface area contributed by atoms with E-state index in [0.29, 0.717) is 0 Å². The summed E-state index contributed by atoms with van der Waals surface area (Å²) in [4.78, 5) is 47.1. The number of ketones is 1. The highest BCUT2D eigenvalue weighted by atomic mass is 19.1. The predicted octanol–water partition coefficient (Wildman–Crippen LogP) is 0.956.